The number of benzene rings is 1. The lowest BCUT2D eigenvalue weighted by Gasteiger charge is -2.44. The number of hydrogen-bond acceptors (Lipinski definition) is 10. The highest BCUT2D eigenvalue weighted by molar-refractivity contribution is 5.92. The summed E-state index contributed by atoms with van der Waals surface area (Å²) in [5.41, 5.74) is 0.754. The molecule has 0 aliphatic carbocycles. The molecule has 1 aromatic rings. The van der Waals surface area contributed by atoms with E-state index >= 15 is 0 Å². The third-order valence-electron chi connectivity index (χ3n) is 4.52. The summed E-state index contributed by atoms with van der Waals surface area (Å²) in [6, 6.07) is 7.74. The van der Waals surface area contributed by atoms with Crippen molar-refractivity contribution in [1.82, 2.24) is 5.32 Å². The van der Waals surface area contributed by atoms with Crippen LogP contribution in [0.3, 0.4) is 0 Å². The average molecular weight is 477 g/mol. The summed E-state index contributed by atoms with van der Waals surface area (Å²) >= 11 is 0. The fraction of sp³-hybridized carbons (Fsp3) is 0.435. The minimum absolute atomic E-state index is 0.391. The zero-order valence-corrected chi connectivity index (χ0v) is 19.2. The van der Waals surface area contributed by atoms with Crippen LogP contribution in [-0.4, -0.2) is 67.0 Å². The van der Waals surface area contributed by atoms with Gasteiger partial charge in [-0.05, 0) is 11.6 Å². The Bertz CT molecular complexity index is 929. The molecule has 11 nitrogen and oxygen atoms in total. The van der Waals surface area contributed by atoms with Gasteiger partial charge in [0.1, 0.15) is 18.8 Å². The van der Waals surface area contributed by atoms with E-state index in [4.69, 9.17) is 23.7 Å². The molecule has 11 heteroatoms. The number of esters is 4. The van der Waals surface area contributed by atoms with Gasteiger partial charge in [0.05, 0.1) is 0 Å². The van der Waals surface area contributed by atoms with Crippen LogP contribution in [0.2, 0.25) is 0 Å². The molecule has 0 saturated carbocycles. The van der Waals surface area contributed by atoms with Gasteiger partial charge in [-0.25, -0.2) is 0 Å². The molecule has 1 aromatic carbocycles. The van der Waals surface area contributed by atoms with Gasteiger partial charge in [-0.1, -0.05) is 30.3 Å². The largest absolute Gasteiger partial charge is 0.463 e. The van der Waals surface area contributed by atoms with Crippen LogP contribution < -0.4 is 5.32 Å². The molecular formula is C23H27NO10. The minimum atomic E-state index is -1.44. The van der Waals surface area contributed by atoms with E-state index < -0.39 is 67.0 Å². The third kappa shape index (κ3) is 8.32. The molecule has 0 aromatic heterocycles. The first-order chi connectivity index (χ1) is 16.1. The van der Waals surface area contributed by atoms with Crippen molar-refractivity contribution < 1.29 is 47.7 Å². The number of carbonyl (C=O) groups excluding carboxylic acids is 5. The Hall–Kier alpha value is -3.73. The summed E-state index contributed by atoms with van der Waals surface area (Å²) < 4.78 is 26.6. The van der Waals surface area contributed by atoms with Crippen molar-refractivity contribution >= 4 is 35.9 Å². The summed E-state index contributed by atoms with van der Waals surface area (Å²) in [6.45, 7) is 4.15. The number of nitrogens with one attached hydrogen (secondary N) is 1. The average Bonchev–Trinajstić information content (AvgIpc) is 2.74. The lowest BCUT2D eigenvalue weighted by atomic mass is 9.96. The van der Waals surface area contributed by atoms with Crippen molar-refractivity contribution in [3.63, 3.8) is 0 Å². The number of amides is 1. The number of ether oxygens (including phenoxy) is 5. The quantitative estimate of drug-likeness (QED) is 0.326. The van der Waals surface area contributed by atoms with Crippen molar-refractivity contribution in [1.29, 1.82) is 0 Å². The Morgan fingerprint density at radius 3 is 2.00 bits per heavy atom. The van der Waals surface area contributed by atoms with Gasteiger partial charge in [-0.3, -0.25) is 24.0 Å². The highest BCUT2D eigenvalue weighted by Gasteiger charge is 2.52. The number of rotatable bonds is 8. The number of hydrogen-bond donors (Lipinski definition) is 1. The molecule has 184 valence electrons. The first-order valence-corrected chi connectivity index (χ1v) is 10.4. The molecule has 34 heavy (non-hydrogen) atoms. The summed E-state index contributed by atoms with van der Waals surface area (Å²) in [6.07, 6.45) is -2.42. The molecule has 1 aliphatic rings. The van der Waals surface area contributed by atoms with E-state index in [1.54, 1.807) is 30.3 Å². The third-order valence-corrected chi connectivity index (χ3v) is 4.52. The monoisotopic (exact) mass is 477 g/mol. The van der Waals surface area contributed by atoms with Crippen molar-refractivity contribution in [3.8, 4) is 0 Å². The standard InChI is InChI=1S/C23H27NO10/c1-13(25)30-12-18-21(31-14(2)26)22(32-15(3)27)20(23(34-18)33-16(4)28)24-19(29)11-10-17-8-6-5-7-9-17/h5-11,18,20-23H,12H2,1-4H3,(H,24,29)/b11-10+. The van der Waals surface area contributed by atoms with Crippen LogP contribution in [0.25, 0.3) is 6.08 Å². The molecule has 0 spiro atoms. The van der Waals surface area contributed by atoms with Crippen LogP contribution in [0.15, 0.2) is 36.4 Å². The van der Waals surface area contributed by atoms with Crippen LogP contribution in [0.1, 0.15) is 33.3 Å². The van der Waals surface area contributed by atoms with E-state index in [1.165, 1.54) is 13.0 Å². The van der Waals surface area contributed by atoms with Gasteiger partial charge in [-0.15, -0.1) is 0 Å². The topological polar surface area (TPSA) is 144 Å². The lowest BCUT2D eigenvalue weighted by Crippen LogP contribution is -2.66. The van der Waals surface area contributed by atoms with Gasteiger partial charge in [0, 0.05) is 33.8 Å². The molecular weight excluding hydrogens is 450 g/mol. The maximum Gasteiger partial charge on any atom is 0.305 e. The normalized spacial score (nSPS) is 24.1. The van der Waals surface area contributed by atoms with Crippen LogP contribution in [0.5, 0.6) is 0 Å². The highest BCUT2D eigenvalue weighted by atomic mass is 16.7. The Kier molecular flexibility index (Phi) is 9.75. The van der Waals surface area contributed by atoms with E-state index in [0.29, 0.717) is 0 Å². The molecule has 1 aliphatic heterocycles. The van der Waals surface area contributed by atoms with Crippen molar-refractivity contribution in [2.45, 2.75) is 58.3 Å². The smallest absolute Gasteiger partial charge is 0.305 e. The second-order valence-electron chi connectivity index (χ2n) is 7.38. The van der Waals surface area contributed by atoms with E-state index in [-0.39, 0.29) is 0 Å². The van der Waals surface area contributed by atoms with Crippen LogP contribution in [0, 0.1) is 0 Å². The second-order valence-corrected chi connectivity index (χ2v) is 7.38. The van der Waals surface area contributed by atoms with Crippen molar-refractivity contribution in [2.75, 3.05) is 6.61 Å². The van der Waals surface area contributed by atoms with E-state index in [2.05, 4.69) is 5.32 Å². The van der Waals surface area contributed by atoms with Crippen molar-refractivity contribution in [2.24, 2.45) is 0 Å². The maximum absolute atomic E-state index is 12.7. The first-order valence-electron chi connectivity index (χ1n) is 10.4. The summed E-state index contributed by atoms with van der Waals surface area (Å²) in [7, 11) is 0. The van der Waals surface area contributed by atoms with E-state index in [0.717, 1.165) is 26.3 Å². The van der Waals surface area contributed by atoms with Gasteiger partial charge in [0.25, 0.3) is 0 Å². The molecule has 1 N–H and O–H groups in total. The summed E-state index contributed by atoms with van der Waals surface area (Å²) in [4.78, 5) is 59.3. The maximum atomic E-state index is 12.7. The molecule has 1 saturated heterocycles. The van der Waals surface area contributed by atoms with Gasteiger partial charge < -0.3 is 29.0 Å². The van der Waals surface area contributed by atoms with E-state index in [1.807, 2.05) is 6.07 Å². The first kappa shape index (κ1) is 26.5. The predicted molar refractivity (Wildman–Crippen MR) is 116 cm³/mol. The molecule has 5 unspecified atom stereocenters. The van der Waals surface area contributed by atoms with Gasteiger partial charge in [-0.2, -0.15) is 0 Å². The Balaban J connectivity index is 2.37. The van der Waals surface area contributed by atoms with Gasteiger partial charge in [0.2, 0.25) is 12.2 Å². The predicted octanol–water partition coefficient (Wildman–Crippen LogP) is 0.899. The van der Waals surface area contributed by atoms with Crippen molar-refractivity contribution in [3.05, 3.63) is 42.0 Å². The summed E-state index contributed by atoms with van der Waals surface area (Å²) in [5.74, 6) is -3.50. The molecule has 1 heterocycles. The number of carbonyl (C=O) groups is 5. The Morgan fingerprint density at radius 2 is 1.44 bits per heavy atom. The molecule has 1 fully saturated rings. The highest BCUT2D eigenvalue weighted by Crippen LogP contribution is 2.28. The zero-order valence-electron chi connectivity index (χ0n) is 19.2. The van der Waals surface area contributed by atoms with Crippen LogP contribution >= 0.6 is 0 Å². The van der Waals surface area contributed by atoms with E-state index in [9.17, 15) is 24.0 Å². The second kappa shape index (κ2) is 12.5. The SMILES string of the molecule is CC(=O)OCC1OC(OC(C)=O)C(NC(=O)/C=C/c2ccccc2)C(OC(C)=O)C1OC(C)=O. The Morgan fingerprint density at radius 1 is 0.853 bits per heavy atom. The van der Waals surface area contributed by atoms with Gasteiger partial charge >= 0.3 is 23.9 Å². The lowest BCUT2D eigenvalue weighted by molar-refractivity contribution is -0.270. The molecule has 2 rings (SSSR count). The zero-order chi connectivity index (χ0) is 25.3. The minimum Gasteiger partial charge on any atom is -0.463 e. The van der Waals surface area contributed by atoms with Crippen LogP contribution in [0.4, 0.5) is 0 Å². The van der Waals surface area contributed by atoms with Gasteiger partial charge in [0.15, 0.2) is 12.2 Å². The molecule has 1 amide bonds. The summed E-state index contributed by atoms with van der Waals surface area (Å²) in [5, 5.41) is 2.58. The fourth-order valence-corrected chi connectivity index (χ4v) is 3.27. The molecule has 5 atom stereocenters. The Labute approximate surface area is 196 Å². The van der Waals surface area contributed by atoms with Crippen LogP contribution in [-0.2, 0) is 47.7 Å². The molecule has 0 radical (unpaired) electrons. The fourth-order valence-electron chi connectivity index (χ4n) is 3.27. The molecule has 0 bridgehead atoms.